The molecule has 1 aromatic rings. The van der Waals surface area contributed by atoms with Crippen molar-refractivity contribution in [2.24, 2.45) is 0 Å². The van der Waals surface area contributed by atoms with Crippen molar-refractivity contribution in [2.45, 2.75) is 25.9 Å². The molecule has 0 spiro atoms. The minimum absolute atomic E-state index is 0.0403. The molecular formula is C16H23N3O6S. The number of sulfonamides is 1. The van der Waals surface area contributed by atoms with Gasteiger partial charge in [0.2, 0.25) is 10.0 Å². The van der Waals surface area contributed by atoms with Crippen molar-refractivity contribution in [1.82, 2.24) is 5.32 Å². The minimum Gasteiger partial charge on any atom is -0.494 e. The molecule has 1 saturated heterocycles. The van der Waals surface area contributed by atoms with E-state index in [1.807, 2.05) is 0 Å². The van der Waals surface area contributed by atoms with Gasteiger partial charge in [0.1, 0.15) is 5.75 Å². The van der Waals surface area contributed by atoms with Crippen molar-refractivity contribution in [3.8, 4) is 5.75 Å². The van der Waals surface area contributed by atoms with Crippen molar-refractivity contribution in [2.75, 3.05) is 35.6 Å². The third kappa shape index (κ3) is 4.85. The highest BCUT2D eigenvalue weighted by atomic mass is 32.2. The Kier molecular flexibility index (Phi) is 6.43. The number of carbonyl (C=O) groups is 2. The molecule has 144 valence electrons. The lowest BCUT2D eigenvalue weighted by molar-refractivity contribution is -0.136. The molecule has 10 heteroatoms. The van der Waals surface area contributed by atoms with Crippen molar-refractivity contribution in [1.29, 1.82) is 0 Å². The molecule has 1 aliphatic heterocycles. The maximum Gasteiger partial charge on any atom is 0.313 e. The number of aliphatic hydroxyl groups is 1. The second kappa shape index (κ2) is 8.37. The number of ether oxygens (including phenoxy) is 1. The average molecular weight is 385 g/mol. The fourth-order valence-electron chi connectivity index (χ4n) is 2.53. The summed E-state index contributed by atoms with van der Waals surface area (Å²) in [5.74, 6) is -1.42. The molecular weight excluding hydrogens is 362 g/mol. The van der Waals surface area contributed by atoms with Crippen LogP contribution in [0.3, 0.4) is 0 Å². The molecule has 0 aliphatic carbocycles. The number of rotatable bonds is 5. The van der Waals surface area contributed by atoms with Crippen LogP contribution in [0.15, 0.2) is 18.2 Å². The lowest BCUT2D eigenvalue weighted by Gasteiger charge is -2.29. The average Bonchev–Trinajstić information content (AvgIpc) is 2.59. The molecule has 2 amide bonds. The molecule has 1 heterocycles. The molecule has 1 unspecified atom stereocenters. The largest absolute Gasteiger partial charge is 0.494 e. The van der Waals surface area contributed by atoms with Gasteiger partial charge in [0.05, 0.1) is 24.7 Å². The van der Waals surface area contributed by atoms with Crippen LogP contribution in [0.1, 0.15) is 19.8 Å². The van der Waals surface area contributed by atoms with E-state index in [0.29, 0.717) is 18.7 Å². The zero-order valence-electron chi connectivity index (χ0n) is 14.7. The number of nitrogens with one attached hydrogen (secondary N) is 2. The normalized spacial score (nSPS) is 17.3. The van der Waals surface area contributed by atoms with Gasteiger partial charge >= 0.3 is 11.8 Å². The highest BCUT2D eigenvalue weighted by molar-refractivity contribution is 7.92. The maximum atomic E-state index is 12.3. The van der Waals surface area contributed by atoms with Crippen molar-refractivity contribution in [3.63, 3.8) is 0 Å². The lowest BCUT2D eigenvalue weighted by Crippen LogP contribution is -2.39. The number of aliphatic hydroxyl groups excluding tert-OH is 1. The molecule has 1 atom stereocenters. The number of benzene rings is 1. The van der Waals surface area contributed by atoms with Crippen LogP contribution in [0.5, 0.6) is 5.75 Å². The van der Waals surface area contributed by atoms with Crippen molar-refractivity contribution >= 4 is 33.2 Å². The number of nitrogens with zero attached hydrogens (tertiary/aromatic N) is 1. The molecule has 26 heavy (non-hydrogen) atoms. The van der Waals surface area contributed by atoms with E-state index in [1.165, 1.54) is 36.5 Å². The highest BCUT2D eigenvalue weighted by Crippen LogP contribution is 2.34. The van der Waals surface area contributed by atoms with Crippen molar-refractivity contribution in [3.05, 3.63) is 18.2 Å². The Balaban J connectivity index is 2.15. The third-order valence-corrected chi connectivity index (χ3v) is 5.68. The smallest absolute Gasteiger partial charge is 0.313 e. The van der Waals surface area contributed by atoms with Gasteiger partial charge in [-0.25, -0.2) is 8.42 Å². The fraction of sp³-hybridized carbons (Fsp3) is 0.500. The fourth-order valence-corrected chi connectivity index (χ4v) is 4.18. The number of anilines is 2. The maximum absolute atomic E-state index is 12.3. The highest BCUT2D eigenvalue weighted by Gasteiger charge is 2.28. The molecule has 3 N–H and O–H groups in total. The van der Waals surface area contributed by atoms with E-state index in [1.54, 1.807) is 0 Å². The summed E-state index contributed by atoms with van der Waals surface area (Å²) in [5.41, 5.74) is 0.681. The summed E-state index contributed by atoms with van der Waals surface area (Å²) in [7, 11) is -2.00. The van der Waals surface area contributed by atoms with Gasteiger partial charge in [-0.2, -0.15) is 0 Å². The first-order chi connectivity index (χ1) is 12.2. The van der Waals surface area contributed by atoms with Crippen LogP contribution in [0.4, 0.5) is 11.4 Å². The van der Waals surface area contributed by atoms with E-state index in [9.17, 15) is 18.0 Å². The summed E-state index contributed by atoms with van der Waals surface area (Å²) in [6.45, 7) is 1.81. The van der Waals surface area contributed by atoms with E-state index < -0.39 is 27.9 Å². The summed E-state index contributed by atoms with van der Waals surface area (Å²) in [6, 6.07) is 4.49. The van der Waals surface area contributed by atoms with Gasteiger partial charge in [-0.3, -0.25) is 13.9 Å². The zero-order chi connectivity index (χ0) is 19.3. The van der Waals surface area contributed by atoms with Crippen LogP contribution in [-0.2, 0) is 19.6 Å². The van der Waals surface area contributed by atoms with Crippen LogP contribution >= 0.6 is 0 Å². The van der Waals surface area contributed by atoms with Gasteiger partial charge in [0.15, 0.2) is 0 Å². The Morgan fingerprint density at radius 3 is 2.65 bits per heavy atom. The van der Waals surface area contributed by atoms with Gasteiger partial charge in [-0.1, -0.05) is 0 Å². The molecule has 2 rings (SSSR count). The van der Waals surface area contributed by atoms with E-state index in [0.717, 1.165) is 6.42 Å². The molecule has 1 aliphatic rings. The second-order valence-electron chi connectivity index (χ2n) is 6.00. The zero-order valence-corrected chi connectivity index (χ0v) is 15.5. The number of hydrogen-bond acceptors (Lipinski definition) is 6. The van der Waals surface area contributed by atoms with Crippen LogP contribution in [0.2, 0.25) is 0 Å². The first kappa shape index (κ1) is 20.0. The number of carbonyl (C=O) groups excluding carboxylic acids is 2. The lowest BCUT2D eigenvalue weighted by atomic mass is 10.2. The summed E-state index contributed by atoms with van der Waals surface area (Å²) in [4.78, 5) is 23.5. The van der Waals surface area contributed by atoms with Crippen molar-refractivity contribution < 1.29 is 27.9 Å². The van der Waals surface area contributed by atoms with Crippen LogP contribution in [-0.4, -0.2) is 57.4 Å². The first-order valence-corrected chi connectivity index (χ1v) is 9.81. The molecule has 0 bridgehead atoms. The molecule has 0 saturated carbocycles. The molecule has 0 aromatic heterocycles. The Morgan fingerprint density at radius 1 is 1.31 bits per heavy atom. The van der Waals surface area contributed by atoms with Crippen LogP contribution < -0.4 is 19.7 Å². The summed E-state index contributed by atoms with van der Waals surface area (Å²) < 4.78 is 31.1. The Morgan fingerprint density at radius 2 is 2.04 bits per heavy atom. The van der Waals surface area contributed by atoms with Crippen LogP contribution in [0, 0.1) is 0 Å². The van der Waals surface area contributed by atoms with E-state index in [-0.39, 0.29) is 23.7 Å². The summed E-state index contributed by atoms with van der Waals surface area (Å²) in [5, 5.41) is 13.8. The Labute approximate surface area is 152 Å². The van der Waals surface area contributed by atoms with E-state index >= 15 is 0 Å². The standard InChI is InChI=1S/C16H23N3O6S/c1-11(20)10-17-15(21)16(22)18-12-5-6-13(14(9-12)25-2)19-7-3-4-8-26(19,23)24/h5-6,9,11,20H,3-4,7-8,10H2,1-2H3,(H,17,21)(H,18,22). The molecule has 1 aromatic carbocycles. The molecule has 9 nitrogen and oxygen atoms in total. The van der Waals surface area contributed by atoms with Gasteiger partial charge in [-0.05, 0) is 31.9 Å². The minimum atomic E-state index is -3.40. The quantitative estimate of drug-likeness (QED) is 0.616. The SMILES string of the molecule is COc1cc(NC(=O)C(=O)NCC(C)O)ccc1N1CCCCS1(=O)=O. The van der Waals surface area contributed by atoms with Gasteiger partial charge in [0, 0.05) is 24.8 Å². The Bertz CT molecular complexity index is 778. The number of hydrogen-bond donors (Lipinski definition) is 3. The van der Waals surface area contributed by atoms with E-state index in [4.69, 9.17) is 9.84 Å². The van der Waals surface area contributed by atoms with Gasteiger partial charge in [0.25, 0.3) is 0 Å². The predicted molar refractivity (Wildman–Crippen MR) is 96.7 cm³/mol. The van der Waals surface area contributed by atoms with Crippen LogP contribution in [0.25, 0.3) is 0 Å². The number of amides is 2. The topological polar surface area (TPSA) is 125 Å². The third-order valence-electron chi connectivity index (χ3n) is 3.82. The Hall–Kier alpha value is -2.33. The second-order valence-corrected chi connectivity index (χ2v) is 8.01. The summed E-state index contributed by atoms with van der Waals surface area (Å²) in [6.07, 6.45) is 0.610. The van der Waals surface area contributed by atoms with Gasteiger partial charge < -0.3 is 20.5 Å². The van der Waals surface area contributed by atoms with Gasteiger partial charge in [-0.15, -0.1) is 0 Å². The number of methoxy groups -OCH3 is 1. The first-order valence-electron chi connectivity index (χ1n) is 8.20. The molecule has 1 fully saturated rings. The summed E-state index contributed by atoms with van der Waals surface area (Å²) >= 11 is 0. The van der Waals surface area contributed by atoms with E-state index in [2.05, 4.69) is 10.6 Å². The molecule has 0 radical (unpaired) electrons. The predicted octanol–water partition coefficient (Wildman–Crippen LogP) is 0.0607. The monoisotopic (exact) mass is 385 g/mol.